The minimum Gasteiger partial charge on any atom is -0.367 e. The summed E-state index contributed by atoms with van der Waals surface area (Å²) in [6.07, 6.45) is 10.3. The van der Waals surface area contributed by atoms with E-state index in [0.29, 0.717) is 6.04 Å². The molecule has 4 rings (SSSR count). The van der Waals surface area contributed by atoms with Crippen LogP contribution in [0.15, 0.2) is 36.4 Å². The first kappa shape index (κ1) is 16.4. The fourth-order valence-electron chi connectivity index (χ4n) is 3.97. The van der Waals surface area contributed by atoms with Gasteiger partial charge < -0.3 is 10.2 Å². The Labute approximate surface area is 150 Å². The van der Waals surface area contributed by atoms with Gasteiger partial charge in [-0.05, 0) is 25.7 Å². The van der Waals surface area contributed by atoms with Crippen LogP contribution in [0.25, 0.3) is 11.4 Å². The first-order chi connectivity index (χ1) is 12.4. The van der Waals surface area contributed by atoms with Crippen molar-refractivity contribution in [2.75, 3.05) is 23.3 Å². The van der Waals surface area contributed by atoms with Crippen LogP contribution in [-0.2, 0) is 0 Å². The van der Waals surface area contributed by atoms with Crippen molar-refractivity contribution in [2.24, 2.45) is 0 Å². The van der Waals surface area contributed by atoms with E-state index in [2.05, 4.69) is 40.5 Å². The zero-order valence-corrected chi connectivity index (χ0v) is 15.0. The molecule has 1 aromatic carbocycles. The summed E-state index contributed by atoms with van der Waals surface area (Å²) < 4.78 is 0. The number of rotatable bonds is 4. The van der Waals surface area contributed by atoms with Crippen LogP contribution in [0.2, 0.25) is 0 Å². The molecule has 1 aliphatic carbocycles. The summed E-state index contributed by atoms with van der Waals surface area (Å²) in [5.41, 5.74) is 1.09. The van der Waals surface area contributed by atoms with E-state index in [1.807, 2.05) is 6.07 Å². The van der Waals surface area contributed by atoms with Crippen LogP contribution >= 0.6 is 0 Å². The van der Waals surface area contributed by atoms with Gasteiger partial charge in [0.1, 0.15) is 11.6 Å². The molecule has 2 aliphatic rings. The lowest BCUT2D eigenvalue weighted by Crippen LogP contribution is -2.26. The molecule has 1 aliphatic heterocycles. The molecule has 1 N–H and O–H groups in total. The zero-order chi connectivity index (χ0) is 16.9. The van der Waals surface area contributed by atoms with Crippen LogP contribution in [0.5, 0.6) is 0 Å². The largest absolute Gasteiger partial charge is 0.367 e. The summed E-state index contributed by atoms with van der Waals surface area (Å²) in [5.74, 6) is 2.90. The number of anilines is 2. The van der Waals surface area contributed by atoms with Gasteiger partial charge in [0.2, 0.25) is 0 Å². The molecule has 2 fully saturated rings. The van der Waals surface area contributed by atoms with Crippen LogP contribution in [0.3, 0.4) is 0 Å². The van der Waals surface area contributed by atoms with Crippen molar-refractivity contribution in [3.05, 3.63) is 36.4 Å². The van der Waals surface area contributed by atoms with Crippen molar-refractivity contribution < 1.29 is 0 Å². The number of hydrogen-bond donors (Lipinski definition) is 1. The predicted octanol–water partition coefficient (Wildman–Crippen LogP) is 4.88. The SMILES string of the molecule is c1ccc(-c2nc(NC3CCCC3)cc(N3CCCCCC3)n2)cc1. The molecule has 0 spiro atoms. The van der Waals surface area contributed by atoms with Gasteiger partial charge >= 0.3 is 0 Å². The van der Waals surface area contributed by atoms with Crippen molar-refractivity contribution in [2.45, 2.75) is 57.4 Å². The van der Waals surface area contributed by atoms with Crippen LogP contribution in [-0.4, -0.2) is 29.1 Å². The van der Waals surface area contributed by atoms with Crippen molar-refractivity contribution >= 4 is 11.6 Å². The molecule has 1 aromatic heterocycles. The Hall–Kier alpha value is -2.10. The quantitative estimate of drug-likeness (QED) is 0.864. The van der Waals surface area contributed by atoms with E-state index in [9.17, 15) is 0 Å². The molecular formula is C21H28N4. The Balaban J connectivity index is 1.66. The van der Waals surface area contributed by atoms with E-state index in [1.54, 1.807) is 0 Å². The topological polar surface area (TPSA) is 41.1 Å². The molecule has 0 unspecified atom stereocenters. The number of benzene rings is 1. The molecule has 4 nitrogen and oxygen atoms in total. The van der Waals surface area contributed by atoms with Gasteiger partial charge in [0.15, 0.2) is 5.82 Å². The van der Waals surface area contributed by atoms with E-state index in [4.69, 9.17) is 9.97 Å². The summed E-state index contributed by atoms with van der Waals surface area (Å²) >= 11 is 0. The average molecular weight is 336 g/mol. The second-order valence-corrected chi connectivity index (χ2v) is 7.33. The van der Waals surface area contributed by atoms with E-state index in [0.717, 1.165) is 36.1 Å². The lowest BCUT2D eigenvalue weighted by atomic mass is 10.2. The molecule has 0 amide bonds. The number of nitrogens with one attached hydrogen (secondary N) is 1. The lowest BCUT2D eigenvalue weighted by molar-refractivity contribution is 0.726. The molecule has 0 atom stereocenters. The molecule has 2 aromatic rings. The highest BCUT2D eigenvalue weighted by atomic mass is 15.2. The van der Waals surface area contributed by atoms with Crippen LogP contribution < -0.4 is 10.2 Å². The van der Waals surface area contributed by atoms with Crippen LogP contribution in [0.4, 0.5) is 11.6 Å². The third-order valence-corrected chi connectivity index (χ3v) is 5.38. The number of aromatic nitrogens is 2. The highest BCUT2D eigenvalue weighted by Crippen LogP contribution is 2.27. The van der Waals surface area contributed by atoms with Crippen molar-refractivity contribution in [3.63, 3.8) is 0 Å². The number of nitrogens with zero attached hydrogens (tertiary/aromatic N) is 3. The zero-order valence-electron chi connectivity index (χ0n) is 15.0. The molecule has 2 heterocycles. The first-order valence-corrected chi connectivity index (χ1v) is 9.84. The monoisotopic (exact) mass is 336 g/mol. The summed E-state index contributed by atoms with van der Waals surface area (Å²) in [6, 6.07) is 13.1. The van der Waals surface area contributed by atoms with E-state index in [1.165, 1.54) is 51.4 Å². The Morgan fingerprint density at radius 3 is 2.28 bits per heavy atom. The van der Waals surface area contributed by atoms with E-state index in [-0.39, 0.29) is 0 Å². The second-order valence-electron chi connectivity index (χ2n) is 7.33. The van der Waals surface area contributed by atoms with Crippen LogP contribution in [0.1, 0.15) is 51.4 Å². The van der Waals surface area contributed by atoms with Gasteiger partial charge in [-0.1, -0.05) is 56.0 Å². The lowest BCUT2D eigenvalue weighted by Gasteiger charge is -2.23. The average Bonchev–Trinajstić information content (AvgIpc) is 3.01. The first-order valence-electron chi connectivity index (χ1n) is 9.84. The normalized spacial score (nSPS) is 19.0. The van der Waals surface area contributed by atoms with E-state index < -0.39 is 0 Å². The molecule has 132 valence electrons. The van der Waals surface area contributed by atoms with Gasteiger partial charge in [-0.3, -0.25) is 0 Å². The summed E-state index contributed by atoms with van der Waals surface area (Å²) in [6.45, 7) is 2.21. The third kappa shape index (κ3) is 4.12. The van der Waals surface area contributed by atoms with Gasteiger partial charge in [-0.15, -0.1) is 0 Å². The highest BCUT2D eigenvalue weighted by Gasteiger charge is 2.18. The van der Waals surface area contributed by atoms with Crippen LogP contribution in [0, 0.1) is 0 Å². The molecule has 0 bridgehead atoms. The van der Waals surface area contributed by atoms with Gasteiger partial charge in [-0.25, -0.2) is 9.97 Å². The summed E-state index contributed by atoms with van der Waals surface area (Å²) in [5, 5.41) is 3.67. The molecule has 4 heteroatoms. The Morgan fingerprint density at radius 2 is 1.56 bits per heavy atom. The Bertz CT molecular complexity index is 672. The maximum atomic E-state index is 4.92. The third-order valence-electron chi connectivity index (χ3n) is 5.38. The Morgan fingerprint density at radius 1 is 0.840 bits per heavy atom. The van der Waals surface area contributed by atoms with Crippen molar-refractivity contribution in [3.8, 4) is 11.4 Å². The summed E-state index contributed by atoms with van der Waals surface area (Å²) in [7, 11) is 0. The fourth-order valence-corrected chi connectivity index (χ4v) is 3.97. The summed E-state index contributed by atoms with van der Waals surface area (Å²) in [4.78, 5) is 12.2. The van der Waals surface area contributed by atoms with Gasteiger partial charge in [0.25, 0.3) is 0 Å². The maximum absolute atomic E-state index is 4.92. The predicted molar refractivity (Wildman–Crippen MR) is 104 cm³/mol. The molecule has 1 saturated carbocycles. The highest BCUT2D eigenvalue weighted by molar-refractivity contribution is 5.62. The molecular weight excluding hydrogens is 308 g/mol. The fraction of sp³-hybridized carbons (Fsp3) is 0.524. The Kier molecular flexibility index (Phi) is 5.14. The minimum absolute atomic E-state index is 0.565. The van der Waals surface area contributed by atoms with Gasteiger partial charge in [-0.2, -0.15) is 0 Å². The van der Waals surface area contributed by atoms with Gasteiger partial charge in [0, 0.05) is 30.8 Å². The van der Waals surface area contributed by atoms with Crippen molar-refractivity contribution in [1.29, 1.82) is 0 Å². The molecule has 1 saturated heterocycles. The minimum atomic E-state index is 0.565. The maximum Gasteiger partial charge on any atom is 0.163 e. The standard InChI is InChI=1S/C21H28N4/c1-2-9-15-25(14-8-1)20-16-19(22-18-12-6-7-13-18)23-21(24-20)17-10-4-3-5-11-17/h3-5,10-11,16,18H,1-2,6-9,12-15H2,(H,22,23,24). The molecule has 0 radical (unpaired) electrons. The van der Waals surface area contributed by atoms with Gasteiger partial charge in [0.05, 0.1) is 0 Å². The number of hydrogen-bond acceptors (Lipinski definition) is 4. The molecule has 25 heavy (non-hydrogen) atoms. The second kappa shape index (κ2) is 7.85. The smallest absolute Gasteiger partial charge is 0.163 e. The van der Waals surface area contributed by atoms with Crippen molar-refractivity contribution in [1.82, 2.24) is 9.97 Å². The van der Waals surface area contributed by atoms with E-state index >= 15 is 0 Å².